The van der Waals surface area contributed by atoms with E-state index in [0.29, 0.717) is 0 Å². The molecule has 0 aromatic heterocycles. The molecule has 0 atom stereocenters. The zero-order valence-corrected chi connectivity index (χ0v) is 12.4. The fraction of sp³-hybridized carbons (Fsp3) is 0.333. The van der Waals surface area contributed by atoms with Gasteiger partial charge in [-0.2, -0.15) is 0 Å². The molecule has 1 nitrogen and oxygen atoms in total. The predicted molar refractivity (Wildman–Crippen MR) is 86.3 cm³/mol. The van der Waals surface area contributed by atoms with Gasteiger partial charge in [0, 0.05) is 10.5 Å². The van der Waals surface area contributed by atoms with Crippen molar-refractivity contribution in [2.45, 2.75) is 17.6 Å². The molecule has 2 aromatic rings. The van der Waals surface area contributed by atoms with Crippen molar-refractivity contribution in [3.8, 4) is 0 Å². The van der Waals surface area contributed by atoms with E-state index in [9.17, 15) is 0 Å². The zero-order valence-electron chi connectivity index (χ0n) is 11.6. The van der Waals surface area contributed by atoms with Crippen molar-refractivity contribution in [2.75, 3.05) is 19.0 Å². The smallest absolute Gasteiger partial charge is 0.0620 e. The van der Waals surface area contributed by atoms with Crippen LogP contribution in [0.5, 0.6) is 0 Å². The molecule has 0 saturated carbocycles. The summed E-state index contributed by atoms with van der Waals surface area (Å²) in [5.74, 6) is 1.10. The quantitative estimate of drug-likeness (QED) is 0.840. The Balaban J connectivity index is 1.81. The molecule has 1 saturated heterocycles. The van der Waals surface area contributed by atoms with Crippen LogP contribution in [0.3, 0.4) is 0 Å². The average Bonchev–Trinajstić information content (AvgIpc) is 2.50. The van der Waals surface area contributed by atoms with Crippen LogP contribution in [0.15, 0.2) is 60.7 Å². The van der Waals surface area contributed by atoms with Crippen LogP contribution >= 0.6 is 11.8 Å². The van der Waals surface area contributed by atoms with E-state index in [2.05, 4.69) is 72.4 Å². The summed E-state index contributed by atoms with van der Waals surface area (Å²) in [7, 11) is 0. The molecule has 0 aliphatic carbocycles. The highest BCUT2D eigenvalue weighted by Gasteiger charge is 2.34. The second kappa shape index (κ2) is 6.47. The highest BCUT2D eigenvalue weighted by Crippen LogP contribution is 2.36. The third-order valence-electron chi connectivity index (χ3n) is 3.74. The Morgan fingerprint density at radius 2 is 1.40 bits per heavy atom. The van der Waals surface area contributed by atoms with Gasteiger partial charge in [-0.15, -0.1) is 11.8 Å². The minimum atomic E-state index is 0.182. The van der Waals surface area contributed by atoms with Gasteiger partial charge in [0.2, 0.25) is 0 Å². The molecule has 1 aliphatic heterocycles. The lowest BCUT2D eigenvalue weighted by molar-refractivity contribution is 0.115. The van der Waals surface area contributed by atoms with Gasteiger partial charge in [0.05, 0.1) is 13.2 Å². The first-order chi connectivity index (χ1) is 9.86. The van der Waals surface area contributed by atoms with E-state index in [1.54, 1.807) is 0 Å². The summed E-state index contributed by atoms with van der Waals surface area (Å²) in [5.41, 5.74) is 2.81. The molecular weight excluding hydrogens is 264 g/mol. The molecule has 1 heterocycles. The van der Waals surface area contributed by atoms with E-state index >= 15 is 0 Å². The second-order valence-electron chi connectivity index (χ2n) is 5.41. The highest BCUT2D eigenvalue weighted by molar-refractivity contribution is 8.00. The summed E-state index contributed by atoms with van der Waals surface area (Å²) in [6, 6.07) is 21.6. The number of ether oxygens (including phenoxy) is 1. The van der Waals surface area contributed by atoms with Crippen LogP contribution in [0.2, 0.25) is 0 Å². The third kappa shape index (κ3) is 3.44. The lowest BCUT2D eigenvalue weighted by Crippen LogP contribution is -2.40. The van der Waals surface area contributed by atoms with Crippen LogP contribution in [-0.4, -0.2) is 23.7 Å². The van der Waals surface area contributed by atoms with E-state index in [0.717, 1.165) is 31.8 Å². The molecule has 104 valence electrons. The first-order valence-corrected chi connectivity index (χ1v) is 8.14. The Morgan fingerprint density at radius 3 is 1.85 bits per heavy atom. The largest absolute Gasteiger partial charge is 0.379 e. The van der Waals surface area contributed by atoms with Gasteiger partial charge in [-0.1, -0.05) is 60.7 Å². The molecule has 0 amide bonds. The SMILES string of the molecule is c1ccc(CC2(Cc3ccccc3)COCCS2)cc1. The minimum absolute atomic E-state index is 0.182. The van der Waals surface area contributed by atoms with Gasteiger partial charge in [-0.3, -0.25) is 0 Å². The molecule has 2 heteroatoms. The number of rotatable bonds is 4. The monoisotopic (exact) mass is 284 g/mol. The summed E-state index contributed by atoms with van der Waals surface area (Å²) < 4.78 is 5.99. The molecule has 2 aromatic carbocycles. The Hall–Kier alpha value is -1.25. The first-order valence-electron chi connectivity index (χ1n) is 7.16. The van der Waals surface area contributed by atoms with Crippen LogP contribution in [0.4, 0.5) is 0 Å². The highest BCUT2D eigenvalue weighted by atomic mass is 32.2. The molecule has 0 N–H and O–H groups in total. The maximum absolute atomic E-state index is 5.81. The molecule has 0 bridgehead atoms. The van der Waals surface area contributed by atoms with Crippen LogP contribution in [0.1, 0.15) is 11.1 Å². The van der Waals surface area contributed by atoms with E-state index < -0.39 is 0 Å². The molecule has 1 fully saturated rings. The van der Waals surface area contributed by atoms with E-state index in [1.807, 2.05) is 0 Å². The number of hydrogen-bond donors (Lipinski definition) is 0. The fourth-order valence-electron chi connectivity index (χ4n) is 2.82. The lowest BCUT2D eigenvalue weighted by Gasteiger charge is -2.37. The summed E-state index contributed by atoms with van der Waals surface area (Å²) in [4.78, 5) is 0. The maximum atomic E-state index is 5.81. The van der Waals surface area contributed by atoms with Gasteiger partial charge in [-0.05, 0) is 24.0 Å². The minimum Gasteiger partial charge on any atom is -0.379 e. The van der Waals surface area contributed by atoms with Crippen LogP contribution in [-0.2, 0) is 17.6 Å². The normalized spacial score (nSPS) is 17.8. The van der Waals surface area contributed by atoms with Crippen LogP contribution in [0.25, 0.3) is 0 Å². The van der Waals surface area contributed by atoms with Crippen molar-refractivity contribution in [2.24, 2.45) is 0 Å². The van der Waals surface area contributed by atoms with Gasteiger partial charge < -0.3 is 4.74 Å². The molecular formula is C18H20OS. The topological polar surface area (TPSA) is 9.23 Å². The molecule has 20 heavy (non-hydrogen) atoms. The first kappa shape index (κ1) is 13.7. The summed E-state index contributed by atoms with van der Waals surface area (Å²) in [6.45, 7) is 1.73. The zero-order chi connectivity index (χ0) is 13.7. The molecule has 0 unspecified atom stereocenters. The number of thioether (sulfide) groups is 1. The van der Waals surface area contributed by atoms with Gasteiger partial charge in [-0.25, -0.2) is 0 Å². The summed E-state index contributed by atoms with van der Waals surface area (Å²) in [6.07, 6.45) is 2.15. The third-order valence-corrected chi connectivity index (χ3v) is 5.13. The second-order valence-corrected chi connectivity index (χ2v) is 6.97. The number of benzene rings is 2. The van der Waals surface area contributed by atoms with Crippen molar-refractivity contribution in [1.82, 2.24) is 0 Å². The van der Waals surface area contributed by atoms with Crippen molar-refractivity contribution >= 4 is 11.8 Å². The molecule has 3 rings (SSSR count). The standard InChI is InChI=1S/C18H20OS/c1-3-7-16(8-4-1)13-18(15-19-11-12-20-18)14-17-9-5-2-6-10-17/h1-10H,11-15H2. The van der Waals surface area contributed by atoms with Crippen LogP contribution < -0.4 is 0 Å². The van der Waals surface area contributed by atoms with Gasteiger partial charge in [0.15, 0.2) is 0 Å². The predicted octanol–water partition coefficient (Wildman–Crippen LogP) is 3.97. The van der Waals surface area contributed by atoms with E-state index in [4.69, 9.17) is 4.74 Å². The molecule has 0 radical (unpaired) electrons. The molecule has 1 aliphatic rings. The molecule has 0 spiro atoms. The lowest BCUT2D eigenvalue weighted by atomic mass is 9.92. The van der Waals surface area contributed by atoms with E-state index in [1.165, 1.54) is 11.1 Å². The maximum Gasteiger partial charge on any atom is 0.0620 e. The Kier molecular flexibility index (Phi) is 4.44. The fourth-order valence-corrected chi connectivity index (χ4v) is 4.16. The van der Waals surface area contributed by atoms with Gasteiger partial charge in [0.25, 0.3) is 0 Å². The van der Waals surface area contributed by atoms with Crippen molar-refractivity contribution < 1.29 is 4.74 Å². The van der Waals surface area contributed by atoms with Crippen molar-refractivity contribution in [3.63, 3.8) is 0 Å². The van der Waals surface area contributed by atoms with E-state index in [-0.39, 0.29) is 4.75 Å². The number of hydrogen-bond acceptors (Lipinski definition) is 2. The van der Waals surface area contributed by atoms with Gasteiger partial charge >= 0.3 is 0 Å². The van der Waals surface area contributed by atoms with Crippen molar-refractivity contribution in [1.29, 1.82) is 0 Å². The summed E-state index contributed by atoms with van der Waals surface area (Å²) >= 11 is 2.08. The van der Waals surface area contributed by atoms with Gasteiger partial charge in [0.1, 0.15) is 0 Å². The Labute approximate surface area is 125 Å². The van der Waals surface area contributed by atoms with Crippen molar-refractivity contribution in [3.05, 3.63) is 71.8 Å². The van der Waals surface area contributed by atoms with Crippen LogP contribution in [0, 0.1) is 0 Å². The summed E-state index contributed by atoms with van der Waals surface area (Å²) in [5, 5.41) is 0. The Morgan fingerprint density at radius 1 is 0.850 bits per heavy atom. The Bertz CT molecular complexity index is 474. The average molecular weight is 284 g/mol.